The summed E-state index contributed by atoms with van der Waals surface area (Å²) in [6.45, 7) is 1.79. The van der Waals surface area contributed by atoms with Gasteiger partial charge < -0.3 is 5.32 Å². The molecule has 25 heavy (non-hydrogen) atoms. The molecule has 5 nitrogen and oxygen atoms in total. The van der Waals surface area contributed by atoms with E-state index in [0.717, 1.165) is 24.1 Å². The molecule has 2 amide bonds. The molecule has 3 rings (SSSR count). The minimum Gasteiger partial charge on any atom is -0.326 e. The fourth-order valence-electron chi connectivity index (χ4n) is 2.31. The van der Waals surface area contributed by atoms with Crippen molar-refractivity contribution in [2.75, 3.05) is 5.32 Å². The van der Waals surface area contributed by atoms with E-state index >= 15 is 0 Å². The van der Waals surface area contributed by atoms with E-state index in [4.69, 9.17) is 11.6 Å². The van der Waals surface area contributed by atoms with Crippen LogP contribution >= 0.6 is 11.6 Å². The highest BCUT2D eigenvalue weighted by Crippen LogP contribution is 2.30. The maximum Gasteiger partial charge on any atom is 0.271 e. The Balaban J connectivity index is 1.67. The Morgan fingerprint density at radius 3 is 2.52 bits per heavy atom. The summed E-state index contributed by atoms with van der Waals surface area (Å²) in [4.78, 5) is 23.9. The first-order valence-corrected chi connectivity index (χ1v) is 8.42. The quantitative estimate of drug-likeness (QED) is 0.631. The van der Waals surface area contributed by atoms with E-state index in [1.165, 1.54) is 0 Å². The van der Waals surface area contributed by atoms with E-state index in [1.807, 2.05) is 24.3 Å². The molecule has 0 bridgehead atoms. The van der Waals surface area contributed by atoms with Crippen LogP contribution in [0.1, 0.15) is 35.7 Å². The van der Waals surface area contributed by atoms with Gasteiger partial charge in [0.1, 0.15) is 0 Å². The van der Waals surface area contributed by atoms with Gasteiger partial charge in [0, 0.05) is 22.2 Å². The van der Waals surface area contributed by atoms with Gasteiger partial charge in [-0.1, -0.05) is 29.8 Å². The summed E-state index contributed by atoms with van der Waals surface area (Å²) in [5, 5.41) is 7.52. The van der Waals surface area contributed by atoms with Crippen LogP contribution in [0, 0.1) is 5.92 Å². The number of hydrogen-bond acceptors (Lipinski definition) is 3. The highest BCUT2D eigenvalue weighted by molar-refractivity contribution is 6.31. The van der Waals surface area contributed by atoms with Crippen LogP contribution in [0.3, 0.4) is 0 Å². The molecule has 0 atom stereocenters. The first kappa shape index (κ1) is 17.2. The molecular formula is C19H18ClN3O2. The molecule has 6 heteroatoms. The molecule has 0 aliphatic heterocycles. The Morgan fingerprint density at radius 2 is 1.80 bits per heavy atom. The van der Waals surface area contributed by atoms with Crippen molar-refractivity contribution >= 4 is 34.8 Å². The number of carbonyl (C=O) groups is 2. The highest BCUT2D eigenvalue weighted by Gasteiger charge is 2.29. The lowest BCUT2D eigenvalue weighted by Crippen LogP contribution is -2.19. The van der Waals surface area contributed by atoms with E-state index in [1.54, 1.807) is 31.2 Å². The van der Waals surface area contributed by atoms with Crippen molar-refractivity contribution in [3.05, 3.63) is 64.7 Å². The Bertz CT molecular complexity index is 844. The van der Waals surface area contributed by atoms with Gasteiger partial charge in [-0.3, -0.25) is 9.59 Å². The lowest BCUT2D eigenvalue weighted by Gasteiger charge is -2.07. The summed E-state index contributed by atoms with van der Waals surface area (Å²) in [6, 6.07) is 14.0. The van der Waals surface area contributed by atoms with Crippen molar-refractivity contribution in [2.24, 2.45) is 11.0 Å². The van der Waals surface area contributed by atoms with Crippen LogP contribution in [0.25, 0.3) is 0 Å². The number of amides is 2. The number of nitrogens with zero attached hydrogens (tertiary/aromatic N) is 1. The zero-order valence-corrected chi connectivity index (χ0v) is 14.5. The molecule has 0 unspecified atom stereocenters. The summed E-state index contributed by atoms with van der Waals surface area (Å²) < 4.78 is 0. The first-order chi connectivity index (χ1) is 12.0. The van der Waals surface area contributed by atoms with Crippen molar-refractivity contribution < 1.29 is 9.59 Å². The van der Waals surface area contributed by atoms with Gasteiger partial charge in [0.15, 0.2) is 0 Å². The van der Waals surface area contributed by atoms with Crippen LogP contribution in [0.15, 0.2) is 53.6 Å². The largest absolute Gasteiger partial charge is 0.326 e. The molecule has 2 aromatic rings. The predicted octanol–water partition coefficient (Wildman–Crippen LogP) is 3.84. The monoisotopic (exact) mass is 355 g/mol. The maximum atomic E-state index is 12.1. The molecule has 0 spiro atoms. The van der Waals surface area contributed by atoms with Crippen LogP contribution < -0.4 is 10.7 Å². The minimum atomic E-state index is -0.333. The second kappa shape index (κ2) is 7.49. The molecule has 0 saturated heterocycles. The predicted molar refractivity (Wildman–Crippen MR) is 98.9 cm³/mol. The molecule has 0 aromatic heterocycles. The Kier molecular flexibility index (Phi) is 5.14. The standard InChI is InChI=1S/C19H18ClN3O2/c1-12(22-23-19(25)15-5-2-6-16(20)10-15)14-4-3-7-17(11-14)21-18(24)13-8-9-13/h2-7,10-11,13H,8-9H2,1H3,(H,21,24)(H,23,25)/b22-12-. The average Bonchev–Trinajstić information content (AvgIpc) is 3.44. The summed E-state index contributed by atoms with van der Waals surface area (Å²) in [7, 11) is 0. The number of benzene rings is 2. The van der Waals surface area contributed by atoms with E-state index in [2.05, 4.69) is 15.8 Å². The van der Waals surface area contributed by atoms with Crippen molar-refractivity contribution in [2.45, 2.75) is 19.8 Å². The average molecular weight is 356 g/mol. The fraction of sp³-hybridized carbons (Fsp3) is 0.211. The molecule has 1 fully saturated rings. The van der Waals surface area contributed by atoms with E-state index in [9.17, 15) is 9.59 Å². The SMILES string of the molecule is C/C(=N/NC(=O)c1cccc(Cl)c1)c1cccc(NC(=O)C2CC2)c1. The Hall–Kier alpha value is -2.66. The van der Waals surface area contributed by atoms with Crippen molar-refractivity contribution in [1.82, 2.24) is 5.43 Å². The number of anilines is 1. The number of rotatable bonds is 5. The molecule has 1 saturated carbocycles. The molecule has 1 aliphatic carbocycles. The number of nitrogens with one attached hydrogen (secondary N) is 2. The minimum absolute atomic E-state index is 0.0565. The lowest BCUT2D eigenvalue weighted by molar-refractivity contribution is -0.117. The second-order valence-corrected chi connectivity index (χ2v) is 6.43. The molecule has 2 aromatic carbocycles. The topological polar surface area (TPSA) is 70.6 Å². The van der Waals surface area contributed by atoms with Gasteiger partial charge in [-0.15, -0.1) is 0 Å². The molecule has 0 heterocycles. The third kappa shape index (κ3) is 4.67. The molecule has 128 valence electrons. The van der Waals surface area contributed by atoms with E-state index in [0.29, 0.717) is 16.3 Å². The van der Waals surface area contributed by atoms with Gasteiger partial charge in [0.2, 0.25) is 5.91 Å². The van der Waals surface area contributed by atoms with Crippen molar-refractivity contribution in [3.8, 4) is 0 Å². The Labute approximate surface area is 151 Å². The van der Waals surface area contributed by atoms with Gasteiger partial charge in [0.25, 0.3) is 5.91 Å². The fourth-order valence-corrected chi connectivity index (χ4v) is 2.50. The van der Waals surface area contributed by atoms with Crippen LogP contribution in [-0.4, -0.2) is 17.5 Å². The number of halogens is 1. The smallest absolute Gasteiger partial charge is 0.271 e. The normalized spacial score (nSPS) is 14.1. The summed E-state index contributed by atoms with van der Waals surface area (Å²) in [6.07, 6.45) is 1.92. The van der Waals surface area contributed by atoms with Gasteiger partial charge >= 0.3 is 0 Å². The highest BCUT2D eigenvalue weighted by atomic mass is 35.5. The zero-order chi connectivity index (χ0) is 17.8. The van der Waals surface area contributed by atoms with Crippen molar-refractivity contribution in [3.63, 3.8) is 0 Å². The third-order valence-corrected chi connectivity index (χ3v) is 4.14. The van der Waals surface area contributed by atoms with Gasteiger partial charge in [-0.25, -0.2) is 5.43 Å². The van der Waals surface area contributed by atoms with Crippen molar-refractivity contribution in [1.29, 1.82) is 0 Å². The van der Waals surface area contributed by atoms with Crippen LogP contribution in [0.5, 0.6) is 0 Å². The molecule has 1 aliphatic rings. The summed E-state index contributed by atoms with van der Waals surface area (Å²) in [5.41, 5.74) is 5.14. The van der Waals surface area contributed by atoms with Gasteiger partial charge in [0.05, 0.1) is 5.71 Å². The van der Waals surface area contributed by atoms with Crippen LogP contribution in [-0.2, 0) is 4.79 Å². The Morgan fingerprint density at radius 1 is 1.08 bits per heavy atom. The first-order valence-electron chi connectivity index (χ1n) is 8.04. The molecule has 0 radical (unpaired) electrons. The van der Waals surface area contributed by atoms with Gasteiger partial charge in [-0.2, -0.15) is 5.10 Å². The number of hydrogen-bond donors (Lipinski definition) is 2. The second-order valence-electron chi connectivity index (χ2n) is 5.99. The third-order valence-electron chi connectivity index (χ3n) is 3.91. The van der Waals surface area contributed by atoms with E-state index in [-0.39, 0.29) is 17.7 Å². The molecular weight excluding hydrogens is 338 g/mol. The lowest BCUT2D eigenvalue weighted by atomic mass is 10.1. The van der Waals surface area contributed by atoms with Crippen LogP contribution in [0.4, 0.5) is 5.69 Å². The molecule has 2 N–H and O–H groups in total. The van der Waals surface area contributed by atoms with Gasteiger partial charge in [-0.05, 0) is 55.7 Å². The van der Waals surface area contributed by atoms with Crippen LogP contribution in [0.2, 0.25) is 5.02 Å². The zero-order valence-electron chi connectivity index (χ0n) is 13.8. The number of carbonyl (C=O) groups excluding carboxylic acids is 2. The van der Waals surface area contributed by atoms with E-state index < -0.39 is 0 Å². The summed E-state index contributed by atoms with van der Waals surface area (Å²) >= 11 is 5.88. The number of hydrazone groups is 1. The maximum absolute atomic E-state index is 12.1. The summed E-state index contributed by atoms with van der Waals surface area (Å²) in [5.74, 6) is -0.128.